The van der Waals surface area contributed by atoms with Crippen LogP contribution in [0.5, 0.6) is 0 Å². The average Bonchev–Trinajstić information content (AvgIpc) is 3.33. The van der Waals surface area contributed by atoms with Gasteiger partial charge < -0.3 is 15.1 Å². The number of hydrogen-bond donors (Lipinski definition) is 1. The first-order chi connectivity index (χ1) is 13.5. The average molecular weight is 398 g/mol. The molecule has 6 heteroatoms. The molecule has 2 aliphatic rings. The number of halogens is 1. The minimum atomic E-state index is -0.359. The molecule has 2 aliphatic heterocycles. The Hall–Kier alpha value is -2.53. The molecule has 28 heavy (non-hydrogen) atoms. The van der Waals surface area contributed by atoms with E-state index in [0.29, 0.717) is 11.6 Å². The molecular weight excluding hydrogens is 374 g/mol. The third kappa shape index (κ3) is 3.85. The van der Waals surface area contributed by atoms with Crippen LogP contribution in [-0.2, 0) is 9.59 Å². The second-order valence-corrected chi connectivity index (χ2v) is 8.00. The Bertz CT molecular complexity index is 891. The first-order valence-electron chi connectivity index (χ1n) is 9.73. The predicted octanol–water partition coefficient (Wildman–Crippen LogP) is 4.24. The number of carbonyl (C=O) groups excluding carboxylic acids is 2. The Morgan fingerprint density at radius 1 is 1.11 bits per heavy atom. The molecule has 5 nitrogen and oxygen atoms in total. The fourth-order valence-corrected chi connectivity index (χ4v) is 4.17. The summed E-state index contributed by atoms with van der Waals surface area (Å²) in [7, 11) is 0. The Morgan fingerprint density at radius 2 is 1.82 bits per heavy atom. The second-order valence-electron chi connectivity index (χ2n) is 7.57. The van der Waals surface area contributed by atoms with Gasteiger partial charge in [0.25, 0.3) is 0 Å². The molecule has 0 spiro atoms. The second kappa shape index (κ2) is 7.84. The summed E-state index contributed by atoms with van der Waals surface area (Å²) in [5, 5.41) is 3.61. The van der Waals surface area contributed by atoms with E-state index in [1.165, 1.54) is 18.5 Å². The number of aryl methyl sites for hydroxylation is 1. The lowest BCUT2D eigenvalue weighted by Crippen LogP contribution is -2.28. The number of anilines is 3. The maximum atomic E-state index is 12.7. The van der Waals surface area contributed by atoms with Gasteiger partial charge in [0.15, 0.2) is 0 Å². The van der Waals surface area contributed by atoms with Crippen LogP contribution in [0.3, 0.4) is 0 Å². The summed E-state index contributed by atoms with van der Waals surface area (Å²) in [4.78, 5) is 29.1. The molecule has 1 N–H and O–H groups in total. The van der Waals surface area contributed by atoms with Gasteiger partial charge in [-0.2, -0.15) is 0 Å². The SMILES string of the molecule is Cc1cc(NC(=O)C2CC(=O)N(c3ccc(Cl)cc3)C2)ccc1N1CCCC1. The summed E-state index contributed by atoms with van der Waals surface area (Å²) in [6, 6.07) is 13.2. The van der Waals surface area contributed by atoms with Crippen molar-refractivity contribution in [2.75, 3.05) is 34.8 Å². The highest BCUT2D eigenvalue weighted by molar-refractivity contribution is 6.30. The molecule has 0 saturated carbocycles. The molecule has 0 aliphatic carbocycles. The van der Waals surface area contributed by atoms with Gasteiger partial charge in [0.2, 0.25) is 11.8 Å². The van der Waals surface area contributed by atoms with Crippen LogP contribution < -0.4 is 15.1 Å². The maximum absolute atomic E-state index is 12.7. The first-order valence-corrected chi connectivity index (χ1v) is 10.1. The number of carbonyl (C=O) groups is 2. The molecule has 2 aromatic rings. The summed E-state index contributed by atoms with van der Waals surface area (Å²) in [5.41, 5.74) is 3.95. The van der Waals surface area contributed by atoms with E-state index in [2.05, 4.69) is 23.2 Å². The van der Waals surface area contributed by atoms with E-state index in [-0.39, 0.29) is 24.2 Å². The van der Waals surface area contributed by atoms with Crippen LogP contribution in [-0.4, -0.2) is 31.4 Å². The molecule has 2 amide bonds. The van der Waals surface area contributed by atoms with Gasteiger partial charge >= 0.3 is 0 Å². The molecule has 0 bridgehead atoms. The van der Waals surface area contributed by atoms with E-state index in [1.807, 2.05) is 12.1 Å². The lowest BCUT2D eigenvalue weighted by Gasteiger charge is -2.21. The van der Waals surface area contributed by atoms with E-state index in [4.69, 9.17) is 11.6 Å². The van der Waals surface area contributed by atoms with Gasteiger partial charge in [-0.3, -0.25) is 9.59 Å². The van der Waals surface area contributed by atoms with Crippen LogP contribution in [0.15, 0.2) is 42.5 Å². The number of benzene rings is 2. The van der Waals surface area contributed by atoms with E-state index >= 15 is 0 Å². The molecular formula is C22H24ClN3O2. The maximum Gasteiger partial charge on any atom is 0.229 e. The topological polar surface area (TPSA) is 52.7 Å². The lowest BCUT2D eigenvalue weighted by molar-refractivity contribution is -0.122. The van der Waals surface area contributed by atoms with Gasteiger partial charge in [-0.25, -0.2) is 0 Å². The monoisotopic (exact) mass is 397 g/mol. The highest BCUT2D eigenvalue weighted by atomic mass is 35.5. The number of amides is 2. The zero-order chi connectivity index (χ0) is 19.7. The fourth-order valence-electron chi connectivity index (χ4n) is 4.04. The number of nitrogens with zero attached hydrogens (tertiary/aromatic N) is 2. The van der Waals surface area contributed by atoms with Crippen molar-refractivity contribution in [1.82, 2.24) is 0 Å². The largest absolute Gasteiger partial charge is 0.371 e. The Kier molecular flexibility index (Phi) is 5.27. The van der Waals surface area contributed by atoms with E-state index < -0.39 is 0 Å². The van der Waals surface area contributed by atoms with Crippen molar-refractivity contribution in [3.63, 3.8) is 0 Å². The molecule has 146 valence electrons. The summed E-state index contributed by atoms with van der Waals surface area (Å²) in [5.74, 6) is -0.511. The normalized spacial score (nSPS) is 19.4. The van der Waals surface area contributed by atoms with Gasteiger partial charge in [-0.1, -0.05) is 11.6 Å². The van der Waals surface area contributed by atoms with Crippen LogP contribution in [0.4, 0.5) is 17.1 Å². The molecule has 2 fully saturated rings. The van der Waals surface area contributed by atoms with Crippen LogP contribution in [0, 0.1) is 12.8 Å². The van der Waals surface area contributed by atoms with E-state index in [9.17, 15) is 9.59 Å². The third-order valence-electron chi connectivity index (χ3n) is 5.55. The van der Waals surface area contributed by atoms with Crippen molar-refractivity contribution in [3.8, 4) is 0 Å². The molecule has 0 aromatic heterocycles. The van der Waals surface area contributed by atoms with Gasteiger partial charge in [-0.05, 0) is 67.8 Å². The summed E-state index contributed by atoms with van der Waals surface area (Å²) >= 11 is 5.92. The van der Waals surface area contributed by atoms with Gasteiger partial charge in [0.1, 0.15) is 0 Å². The Morgan fingerprint density at radius 3 is 2.50 bits per heavy atom. The molecule has 1 atom stereocenters. The molecule has 2 aromatic carbocycles. The van der Waals surface area contributed by atoms with Crippen molar-refractivity contribution in [2.24, 2.45) is 5.92 Å². The van der Waals surface area contributed by atoms with Gasteiger partial charge in [-0.15, -0.1) is 0 Å². The minimum absolute atomic E-state index is 0.0389. The first kappa shape index (κ1) is 18.8. The predicted molar refractivity (Wildman–Crippen MR) is 113 cm³/mol. The minimum Gasteiger partial charge on any atom is -0.371 e. The standard InChI is InChI=1S/C22H24ClN3O2/c1-15-12-18(6-9-20(15)25-10-2-3-11-25)24-22(28)16-13-21(27)26(14-16)19-7-4-17(23)5-8-19/h4-9,12,16H,2-3,10-11,13-14H2,1H3,(H,24,28). The van der Waals surface area contributed by atoms with Gasteiger partial charge in [0, 0.05) is 48.1 Å². The fraction of sp³-hybridized carbons (Fsp3) is 0.364. The third-order valence-corrected chi connectivity index (χ3v) is 5.80. The Labute approximate surface area is 170 Å². The Balaban J connectivity index is 1.42. The summed E-state index contributed by atoms with van der Waals surface area (Å²) in [6.45, 7) is 4.65. The van der Waals surface area contributed by atoms with Crippen LogP contribution in [0.2, 0.25) is 5.02 Å². The zero-order valence-electron chi connectivity index (χ0n) is 16.0. The van der Waals surface area contributed by atoms with Crippen LogP contribution in [0.25, 0.3) is 0 Å². The summed E-state index contributed by atoms with van der Waals surface area (Å²) < 4.78 is 0. The highest BCUT2D eigenvalue weighted by Gasteiger charge is 2.35. The number of nitrogens with one attached hydrogen (secondary N) is 1. The molecule has 2 heterocycles. The smallest absolute Gasteiger partial charge is 0.229 e. The number of rotatable bonds is 4. The van der Waals surface area contributed by atoms with Crippen molar-refractivity contribution >= 4 is 40.5 Å². The van der Waals surface area contributed by atoms with Crippen LogP contribution in [0.1, 0.15) is 24.8 Å². The molecule has 2 saturated heterocycles. The molecule has 4 rings (SSSR count). The molecule has 0 radical (unpaired) electrons. The van der Waals surface area contributed by atoms with Gasteiger partial charge in [0.05, 0.1) is 5.92 Å². The van der Waals surface area contributed by atoms with Crippen molar-refractivity contribution in [2.45, 2.75) is 26.2 Å². The van der Waals surface area contributed by atoms with Crippen LogP contribution >= 0.6 is 11.6 Å². The zero-order valence-corrected chi connectivity index (χ0v) is 16.7. The number of hydrogen-bond acceptors (Lipinski definition) is 3. The quantitative estimate of drug-likeness (QED) is 0.839. The lowest BCUT2D eigenvalue weighted by atomic mass is 10.1. The van der Waals surface area contributed by atoms with Crippen molar-refractivity contribution in [1.29, 1.82) is 0 Å². The molecule has 1 unspecified atom stereocenters. The van der Waals surface area contributed by atoms with E-state index in [0.717, 1.165) is 30.0 Å². The summed E-state index contributed by atoms with van der Waals surface area (Å²) in [6.07, 6.45) is 2.69. The van der Waals surface area contributed by atoms with Crippen molar-refractivity contribution < 1.29 is 9.59 Å². The highest BCUT2D eigenvalue weighted by Crippen LogP contribution is 2.29. The van der Waals surface area contributed by atoms with Crippen molar-refractivity contribution in [3.05, 3.63) is 53.1 Å². The van der Waals surface area contributed by atoms with E-state index in [1.54, 1.807) is 29.2 Å².